The van der Waals surface area contributed by atoms with E-state index in [1.807, 2.05) is 12.1 Å². The summed E-state index contributed by atoms with van der Waals surface area (Å²) in [5, 5.41) is 11.9. The first-order valence-corrected chi connectivity index (χ1v) is 6.46. The van der Waals surface area contributed by atoms with Crippen LogP contribution in [0.25, 0.3) is 0 Å². The second-order valence-electron chi connectivity index (χ2n) is 3.52. The number of hydrogen-bond donors (Lipinski definition) is 2. The van der Waals surface area contributed by atoms with Crippen LogP contribution in [0.2, 0.25) is 0 Å². The smallest absolute Gasteiger partial charge is 0.164 e. The predicted octanol–water partition coefficient (Wildman–Crippen LogP) is 2.53. The first kappa shape index (κ1) is 13.0. The Hall–Kier alpha value is -0.0700. The van der Waals surface area contributed by atoms with E-state index in [9.17, 15) is 0 Å². The van der Waals surface area contributed by atoms with Crippen LogP contribution in [0.15, 0.2) is 16.5 Å². The minimum Gasteiger partial charge on any atom is -0.454 e. The van der Waals surface area contributed by atoms with Crippen LogP contribution in [0.1, 0.15) is 31.4 Å². The summed E-state index contributed by atoms with van der Waals surface area (Å²) in [4.78, 5) is 0. The van der Waals surface area contributed by atoms with Crippen molar-refractivity contribution in [3.63, 3.8) is 0 Å². The third kappa shape index (κ3) is 6.17. The van der Waals surface area contributed by atoms with Crippen LogP contribution < -0.4 is 5.32 Å². The maximum Gasteiger partial charge on any atom is 0.164 e. The van der Waals surface area contributed by atoms with E-state index < -0.39 is 0 Å². The first-order valence-electron chi connectivity index (χ1n) is 5.38. The van der Waals surface area contributed by atoms with Gasteiger partial charge in [0.2, 0.25) is 0 Å². The normalized spacial score (nSPS) is 10.8. The molecular formula is C11H18INO2. The lowest BCUT2D eigenvalue weighted by Gasteiger charge is -2.02. The molecule has 0 fully saturated rings. The van der Waals surface area contributed by atoms with Crippen molar-refractivity contribution < 1.29 is 9.52 Å². The molecule has 15 heavy (non-hydrogen) atoms. The van der Waals surface area contributed by atoms with Crippen LogP contribution in [-0.4, -0.2) is 18.3 Å². The van der Waals surface area contributed by atoms with Gasteiger partial charge in [0.1, 0.15) is 5.76 Å². The second kappa shape index (κ2) is 8.13. The van der Waals surface area contributed by atoms with Crippen LogP contribution in [0, 0.1) is 3.77 Å². The van der Waals surface area contributed by atoms with Gasteiger partial charge in [0.05, 0.1) is 6.54 Å². The number of aliphatic hydroxyl groups excluding tert-OH is 1. The van der Waals surface area contributed by atoms with Gasteiger partial charge in [-0.1, -0.05) is 12.8 Å². The molecule has 0 spiro atoms. The van der Waals surface area contributed by atoms with Crippen molar-refractivity contribution in [1.29, 1.82) is 0 Å². The monoisotopic (exact) mass is 323 g/mol. The van der Waals surface area contributed by atoms with Crippen LogP contribution in [0.5, 0.6) is 0 Å². The fourth-order valence-electron chi connectivity index (χ4n) is 1.37. The molecule has 0 saturated heterocycles. The number of unbranched alkanes of at least 4 members (excludes halogenated alkanes) is 3. The molecule has 0 bridgehead atoms. The van der Waals surface area contributed by atoms with Crippen molar-refractivity contribution in [3.05, 3.63) is 21.7 Å². The highest BCUT2D eigenvalue weighted by atomic mass is 127. The number of furan rings is 1. The van der Waals surface area contributed by atoms with Crippen molar-refractivity contribution in [2.24, 2.45) is 0 Å². The highest BCUT2D eigenvalue weighted by Gasteiger charge is 1.97. The van der Waals surface area contributed by atoms with E-state index in [0.717, 1.165) is 41.9 Å². The molecule has 1 aromatic rings. The zero-order chi connectivity index (χ0) is 10.9. The Morgan fingerprint density at radius 1 is 1.20 bits per heavy atom. The largest absolute Gasteiger partial charge is 0.454 e. The Labute approximate surface area is 104 Å². The lowest BCUT2D eigenvalue weighted by Crippen LogP contribution is -2.14. The summed E-state index contributed by atoms with van der Waals surface area (Å²) >= 11 is 2.17. The molecule has 2 N–H and O–H groups in total. The molecular weight excluding hydrogens is 305 g/mol. The lowest BCUT2D eigenvalue weighted by atomic mass is 10.2. The molecule has 0 atom stereocenters. The number of rotatable bonds is 8. The number of halogens is 1. The van der Waals surface area contributed by atoms with Crippen molar-refractivity contribution in [1.82, 2.24) is 5.32 Å². The van der Waals surface area contributed by atoms with Gasteiger partial charge in [-0.25, -0.2) is 0 Å². The molecule has 0 aliphatic heterocycles. The quantitative estimate of drug-likeness (QED) is 0.571. The highest BCUT2D eigenvalue weighted by Crippen LogP contribution is 2.09. The number of hydrogen-bond acceptors (Lipinski definition) is 3. The molecule has 0 saturated carbocycles. The van der Waals surface area contributed by atoms with Gasteiger partial charge >= 0.3 is 0 Å². The van der Waals surface area contributed by atoms with E-state index in [2.05, 4.69) is 27.9 Å². The Bertz CT molecular complexity index is 263. The first-order chi connectivity index (χ1) is 7.33. The molecule has 0 amide bonds. The van der Waals surface area contributed by atoms with E-state index in [0.29, 0.717) is 6.61 Å². The minimum absolute atomic E-state index is 0.318. The van der Waals surface area contributed by atoms with Gasteiger partial charge in [0, 0.05) is 6.61 Å². The molecule has 0 radical (unpaired) electrons. The maximum atomic E-state index is 8.59. The Balaban J connectivity index is 1.93. The average molecular weight is 323 g/mol. The van der Waals surface area contributed by atoms with Crippen LogP contribution in [0.3, 0.4) is 0 Å². The molecule has 0 aliphatic carbocycles. The fraction of sp³-hybridized carbons (Fsp3) is 0.636. The molecule has 1 rings (SSSR count). The SMILES string of the molecule is OCCCCCCNCc1ccc(I)o1. The molecule has 1 heterocycles. The van der Waals surface area contributed by atoms with Gasteiger partial charge in [0.15, 0.2) is 3.77 Å². The molecule has 86 valence electrons. The summed E-state index contributed by atoms with van der Waals surface area (Å²) in [6, 6.07) is 3.97. The standard InChI is InChI=1S/C11H18INO2/c12-11-6-5-10(15-11)9-13-7-3-1-2-4-8-14/h5-6,13-14H,1-4,7-9H2. The third-order valence-electron chi connectivity index (χ3n) is 2.19. The van der Waals surface area contributed by atoms with E-state index in [1.165, 1.54) is 6.42 Å². The molecule has 3 nitrogen and oxygen atoms in total. The summed E-state index contributed by atoms with van der Waals surface area (Å²) in [7, 11) is 0. The zero-order valence-electron chi connectivity index (χ0n) is 8.84. The van der Waals surface area contributed by atoms with Crippen LogP contribution in [-0.2, 0) is 6.54 Å². The second-order valence-corrected chi connectivity index (χ2v) is 4.58. The zero-order valence-corrected chi connectivity index (χ0v) is 11.0. The van der Waals surface area contributed by atoms with Crippen LogP contribution in [0.4, 0.5) is 0 Å². The van der Waals surface area contributed by atoms with Gasteiger partial charge < -0.3 is 14.8 Å². The summed E-state index contributed by atoms with van der Waals surface area (Å²) < 4.78 is 6.36. The van der Waals surface area contributed by atoms with E-state index in [1.54, 1.807) is 0 Å². The molecule has 0 aromatic carbocycles. The molecule has 1 aromatic heterocycles. The summed E-state index contributed by atoms with van der Waals surface area (Å²) in [6.45, 7) is 2.14. The van der Waals surface area contributed by atoms with Crippen molar-refractivity contribution >= 4 is 22.6 Å². The van der Waals surface area contributed by atoms with E-state index in [4.69, 9.17) is 9.52 Å². The lowest BCUT2D eigenvalue weighted by molar-refractivity contribution is 0.282. The Morgan fingerprint density at radius 3 is 2.67 bits per heavy atom. The molecule has 0 unspecified atom stereocenters. The third-order valence-corrected chi connectivity index (χ3v) is 2.77. The van der Waals surface area contributed by atoms with Crippen molar-refractivity contribution in [2.75, 3.05) is 13.2 Å². The minimum atomic E-state index is 0.318. The van der Waals surface area contributed by atoms with Gasteiger partial charge in [-0.05, 0) is 54.1 Å². The van der Waals surface area contributed by atoms with Crippen molar-refractivity contribution in [3.8, 4) is 0 Å². The van der Waals surface area contributed by atoms with Gasteiger partial charge in [-0.15, -0.1) is 0 Å². The van der Waals surface area contributed by atoms with E-state index >= 15 is 0 Å². The summed E-state index contributed by atoms with van der Waals surface area (Å²) in [6.07, 6.45) is 4.40. The topological polar surface area (TPSA) is 45.4 Å². The van der Waals surface area contributed by atoms with Gasteiger partial charge in [-0.2, -0.15) is 0 Å². The average Bonchev–Trinajstić information content (AvgIpc) is 2.63. The Morgan fingerprint density at radius 2 is 2.00 bits per heavy atom. The highest BCUT2D eigenvalue weighted by molar-refractivity contribution is 14.1. The summed E-state index contributed by atoms with van der Waals surface area (Å²) in [5.74, 6) is 0.995. The Kier molecular flexibility index (Phi) is 7.04. The summed E-state index contributed by atoms with van der Waals surface area (Å²) in [5.41, 5.74) is 0. The number of nitrogens with one attached hydrogen (secondary N) is 1. The number of aliphatic hydroxyl groups is 1. The maximum absolute atomic E-state index is 8.59. The molecule has 4 heteroatoms. The van der Waals surface area contributed by atoms with Gasteiger partial charge in [-0.3, -0.25) is 0 Å². The van der Waals surface area contributed by atoms with Gasteiger partial charge in [0.25, 0.3) is 0 Å². The molecule has 0 aliphatic rings. The van der Waals surface area contributed by atoms with Crippen molar-refractivity contribution in [2.45, 2.75) is 32.2 Å². The van der Waals surface area contributed by atoms with Crippen LogP contribution >= 0.6 is 22.6 Å². The predicted molar refractivity (Wildman–Crippen MR) is 68.7 cm³/mol. The van der Waals surface area contributed by atoms with E-state index in [-0.39, 0.29) is 0 Å². The fourth-order valence-corrected chi connectivity index (χ4v) is 1.84.